The predicted molar refractivity (Wildman–Crippen MR) is 90.1 cm³/mol. The number of rotatable bonds is 4. The highest BCUT2D eigenvalue weighted by Gasteiger charge is 2.28. The number of hydrogen-bond donors (Lipinski definition) is 1. The number of carbonyl (C=O) groups excluding carboxylic acids is 2. The largest absolute Gasteiger partial charge is 0.338 e. The maximum atomic E-state index is 12.6. The highest BCUT2D eigenvalue weighted by Crippen LogP contribution is 2.27. The van der Waals surface area contributed by atoms with Crippen LogP contribution in [0.3, 0.4) is 0 Å². The van der Waals surface area contributed by atoms with E-state index in [1.807, 2.05) is 23.1 Å². The monoisotopic (exact) mass is 315 g/mol. The molecule has 2 N–H and O–H groups in total. The standard InChI is InChI=1S/C18H25N3O2/c19-13-15-6-3-4-11-20(15)18(23)10-12-21-16-7-2-1-5-14(16)8-9-17(21)22/h1-2,5,7,15H,3-4,6,8-13,19H2. The minimum Gasteiger partial charge on any atom is -0.338 e. The minimum absolute atomic E-state index is 0.116. The SMILES string of the molecule is NCC1CCCCN1C(=O)CCN1C(=O)CCc2ccccc21. The lowest BCUT2D eigenvalue weighted by atomic mass is 10.00. The lowest BCUT2D eigenvalue weighted by Crippen LogP contribution is -2.48. The molecule has 124 valence electrons. The van der Waals surface area contributed by atoms with Crippen LogP contribution in [0.25, 0.3) is 0 Å². The summed E-state index contributed by atoms with van der Waals surface area (Å²) in [5, 5.41) is 0. The van der Waals surface area contributed by atoms with E-state index >= 15 is 0 Å². The van der Waals surface area contributed by atoms with E-state index in [1.54, 1.807) is 4.90 Å². The second-order valence-corrected chi connectivity index (χ2v) is 6.40. The Balaban J connectivity index is 1.65. The number of nitrogens with zero attached hydrogens (tertiary/aromatic N) is 2. The zero-order chi connectivity index (χ0) is 16.2. The first kappa shape index (κ1) is 16.0. The normalized spacial score (nSPS) is 21.3. The molecule has 2 heterocycles. The summed E-state index contributed by atoms with van der Waals surface area (Å²) in [6.45, 7) is 1.78. The number of piperidine rings is 1. The lowest BCUT2D eigenvalue weighted by molar-refractivity contribution is -0.134. The van der Waals surface area contributed by atoms with Gasteiger partial charge in [0.1, 0.15) is 0 Å². The van der Waals surface area contributed by atoms with Crippen LogP contribution in [0.4, 0.5) is 5.69 Å². The van der Waals surface area contributed by atoms with E-state index in [0.29, 0.717) is 25.9 Å². The van der Waals surface area contributed by atoms with Crippen molar-refractivity contribution in [3.8, 4) is 0 Å². The van der Waals surface area contributed by atoms with Crippen molar-refractivity contribution in [1.29, 1.82) is 0 Å². The molecule has 1 unspecified atom stereocenters. The van der Waals surface area contributed by atoms with Gasteiger partial charge in [-0.25, -0.2) is 0 Å². The van der Waals surface area contributed by atoms with Crippen LogP contribution in [-0.2, 0) is 16.0 Å². The fraction of sp³-hybridized carbons (Fsp3) is 0.556. The topological polar surface area (TPSA) is 66.6 Å². The molecule has 0 aromatic heterocycles. The molecule has 5 nitrogen and oxygen atoms in total. The van der Waals surface area contributed by atoms with Gasteiger partial charge in [-0.3, -0.25) is 9.59 Å². The van der Waals surface area contributed by atoms with Gasteiger partial charge in [0.15, 0.2) is 0 Å². The van der Waals surface area contributed by atoms with Gasteiger partial charge in [0.05, 0.1) is 0 Å². The molecule has 0 radical (unpaired) electrons. The van der Waals surface area contributed by atoms with Gasteiger partial charge < -0.3 is 15.5 Å². The second-order valence-electron chi connectivity index (χ2n) is 6.40. The first-order valence-electron chi connectivity index (χ1n) is 8.58. The fourth-order valence-corrected chi connectivity index (χ4v) is 3.67. The Morgan fingerprint density at radius 3 is 2.87 bits per heavy atom. The van der Waals surface area contributed by atoms with Crippen molar-refractivity contribution >= 4 is 17.5 Å². The van der Waals surface area contributed by atoms with E-state index < -0.39 is 0 Å². The molecule has 1 aromatic carbocycles. The second kappa shape index (κ2) is 7.13. The maximum Gasteiger partial charge on any atom is 0.227 e. The number of amides is 2. The lowest BCUT2D eigenvalue weighted by Gasteiger charge is -2.36. The summed E-state index contributed by atoms with van der Waals surface area (Å²) in [5.74, 6) is 0.238. The molecule has 3 rings (SSSR count). The maximum absolute atomic E-state index is 12.6. The smallest absolute Gasteiger partial charge is 0.227 e. The van der Waals surface area contributed by atoms with Gasteiger partial charge in [-0.15, -0.1) is 0 Å². The van der Waals surface area contributed by atoms with Crippen molar-refractivity contribution in [3.05, 3.63) is 29.8 Å². The molecular weight excluding hydrogens is 290 g/mol. The minimum atomic E-state index is 0.116. The molecule has 2 amide bonds. The molecule has 2 aliphatic rings. The first-order chi connectivity index (χ1) is 11.2. The van der Waals surface area contributed by atoms with Crippen molar-refractivity contribution in [3.63, 3.8) is 0 Å². The Morgan fingerprint density at radius 2 is 2.04 bits per heavy atom. The van der Waals surface area contributed by atoms with Crippen molar-refractivity contribution < 1.29 is 9.59 Å². The molecule has 0 aliphatic carbocycles. The van der Waals surface area contributed by atoms with E-state index in [2.05, 4.69) is 6.07 Å². The molecule has 1 saturated heterocycles. The summed E-state index contributed by atoms with van der Waals surface area (Å²) in [4.78, 5) is 28.5. The summed E-state index contributed by atoms with van der Waals surface area (Å²) in [6, 6.07) is 8.14. The average Bonchev–Trinajstić information content (AvgIpc) is 2.60. The number of carbonyl (C=O) groups is 2. The Bertz CT molecular complexity index is 587. The molecule has 0 saturated carbocycles. The summed E-state index contributed by atoms with van der Waals surface area (Å²) in [6.07, 6.45) is 4.88. The predicted octanol–water partition coefficient (Wildman–Crippen LogP) is 1.70. The van der Waals surface area contributed by atoms with Crippen LogP contribution < -0.4 is 10.6 Å². The van der Waals surface area contributed by atoms with Crippen LogP contribution in [0, 0.1) is 0 Å². The van der Waals surface area contributed by atoms with Gasteiger partial charge in [-0.2, -0.15) is 0 Å². The molecule has 0 spiro atoms. The Kier molecular flexibility index (Phi) is 4.96. The summed E-state index contributed by atoms with van der Waals surface area (Å²) >= 11 is 0. The number of para-hydroxylation sites is 1. The number of aryl methyl sites for hydroxylation is 1. The Labute approximate surface area is 137 Å². The quantitative estimate of drug-likeness (QED) is 0.919. The van der Waals surface area contributed by atoms with Crippen LogP contribution in [-0.4, -0.2) is 42.4 Å². The molecule has 23 heavy (non-hydrogen) atoms. The Morgan fingerprint density at radius 1 is 1.22 bits per heavy atom. The van der Waals surface area contributed by atoms with Gasteiger partial charge in [0.25, 0.3) is 0 Å². The van der Waals surface area contributed by atoms with E-state index in [0.717, 1.165) is 37.9 Å². The van der Waals surface area contributed by atoms with Crippen LogP contribution in [0.15, 0.2) is 24.3 Å². The van der Waals surface area contributed by atoms with E-state index in [9.17, 15) is 9.59 Å². The average molecular weight is 315 g/mol. The van der Waals surface area contributed by atoms with Crippen molar-refractivity contribution in [1.82, 2.24) is 4.90 Å². The number of nitrogens with two attached hydrogens (primary N) is 1. The van der Waals surface area contributed by atoms with E-state index in [1.165, 1.54) is 5.56 Å². The third-order valence-electron chi connectivity index (χ3n) is 4.96. The highest BCUT2D eigenvalue weighted by molar-refractivity contribution is 5.97. The zero-order valence-corrected chi connectivity index (χ0v) is 13.5. The number of anilines is 1. The summed E-state index contributed by atoms with van der Waals surface area (Å²) < 4.78 is 0. The highest BCUT2D eigenvalue weighted by atomic mass is 16.2. The number of benzene rings is 1. The molecule has 1 fully saturated rings. The van der Waals surface area contributed by atoms with Gasteiger partial charge in [-0.05, 0) is 37.3 Å². The number of hydrogen-bond acceptors (Lipinski definition) is 3. The first-order valence-corrected chi connectivity index (χ1v) is 8.58. The van der Waals surface area contributed by atoms with E-state index in [4.69, 9.17) is 5.73 Å². The molecular formula is C18H25N3O2. The van der Waals surface area contributed by atoms with Crippen molar-refractivity contribution in [2.75, 3.05) is 24.5 Å². The summed E-state index contributed by atoms with van der Waals surface area (Å²) in [5.41, 5.74) is 7.95. The van der Waals surface area contributed by atoms with Crippen LogP contribution in [0.2, 0.25) is 0 Å². The van der Waals surface area contributed by atoms with Crippen LogP contribution in [0.5, 0.6) is 0 Å². The molecule has 0 bridgehead atoms. The van der Waals surface area contributed by atoms with Gasteiger partial charge in [-0.1, -0.05) is 18.2 Å². The number of fused-ring (bicyclic) bond motifs is 1. The Hall–Kier alpha value is -1.88. The van der Waals surface area contributed by atoms with Gasteiger partial charge in [0, 0.05) is 44.2 Å². The fourth-order valence-electron chi connectivity index (χ4n) is 3.67. The molecule has 2 aliphatic heterocycles. The summed E-state index contributed by atoms with van der Waals surface area (Å²) in [7, 11) is 0. The molecule has 1 aromatic rings. The van der Waals surface area contributed by atoms with Crippen LogP contribution >= 0.6 is 0 Å². The van der Waals surface area contributed by atoms with Crippen molar-refractivity contribution in [2.45, 2.75) is 44.6 Å². The third kappa shape index (κ3) is 3.39. The number of likely N-dealkylation sites (tertiary alicyclic amines) is 1. The van der Waals surface area contributed by atoms with E-state index in [-0.39, 0.29) is 17.9 Å². The third-order valence-corrected chi connectivity index (χ3v) is 4.96. The van der Waals surface area contributed by atoms with Gasteiger partial charge >= 0.3 is 0 Å². The molecule has 5 heteroatoms. The van der Waals surface area contributed by atoms with Crippen molar-refractivity contribution in [2.24, 2.45) is 5.73 Å². The van der Waals surface area contributed by atoms with Crippen LogP contribution in [0.1, 0.15) is 37.7 Å². The molecule has 1 atom stereocenters. The zero-order valence-electron chi connectivity index (χ0n) is 13.5. The van der Waals surface area contributed by atoms with Gasteiger partial charge in [0.2, 0.25) is 11.8 Å².